The van der Waals surface area contributed by atoms with Gasteiger partial charge in [-0.2, -0.15) is 0 Å². The van der Waals surface area contributed by atoms with Crippen LogP contribution in [0.15, 0.2) is 72.9 Å². The predicted molar refractivity (Wildman–Crippen MR) is 299 cm³/mol. The number of amides is 1. The van der Waals surface area contributed by atoms with Crippen molar-refractivity contribution in [3.8, 4) is 0 Å². The molecule has 0 bridgehead atoms. The van der Waals surface area contributed by atoms with Crippen LogP contribution in [0.2, 0.25) is 0 Å². The van der Waals surface area contributed by atoms with Crippen LogP contribution in [0.1, 0.15) is 258 Å². The molecule has 1 amide bonds. The predicted octanol–water partition coefficient (Wildman–Crippen LogP) is 14.8. The molecule has 0 radical (unpaired) electrons. The van der Waals surface area contributed by atoms with Crippen molar-refractivity contribution in [2.24, 2.45) is 0 Å². The summed E-state index contributed by atoms with van der Waals surface area (Å²) in [5, 5.41) is 54.4. The number of carbonyl (C=O) groups is 1. The third-order valence-corrected chi connectivity index (χ3v) is 13.8. The first-order valence-electron chi connectivity index (χ1n) is 29.7. The Bertz CT molecular complexity index is 1340. The minimum absolute atomic E-state index is 0.221. The van der Waals surface area contributed by atoms with Crippen LogP contribution >= 0.6 is 0 Å². The van der Waals surface area contributed by atoms with Crippen LogP contribution in [0.4, 0.5) is 0 Å². The van der Waals surface area contributed by atoms with E-state index in [4.69, 9.17) is 9.47 Å². The quantitative estimate of drug-likeness (QED) is 0.0261. The Balaban J connectivity index is 2.18. The molecule has 9 nitrogen and oxygen atoms in total. The van der Waals surface area contributed by atoms with Gasteiger partial charge in [-0.3, -0.25) is 4.79 Å². The van der Waals surface area contributed by atoms with Crippen LogP contribution in [0.25, 0.3) is 0 Å². The first-order chi connectivity index (χ1) is 34.8. The number of allylic oxidation sites excluding steroid dienone is 11. The largest absolute Gasteiger partial charge is 0.394 e. The van der Waals surface area contributed by atoms with Crippen molar-refractivity contribution in [2.75, 3.05) is 13.2 Å². The molecule has 1 aliphatic heterocycles. The lowest BCUT2D eigenvalue weighted by Crippen LogP contribution is -2.60. The number of hydrogen-bond acceptors (Lipinski definition) is 8. The average molecular weight is 999 g/mol. The zero-order valence-electron chi connectivity index (χ0n) is 45.7. The molecule has 0 aromatic carbocycles. The number of rotatable bonds is 50. The lowest BCUT2D eigenvalue weighted by molar-refractivity contribution is -0.302. The zero-order valence-corrected chi connectivity index (χ0v) is 45.7. The van der Waals surface area contributed by atoms with E-state index in [1.807, 2.05) is 6.08 Å². The Morgan fingerprint density at radius 1 is 0.493 bits per heavy atom. The number of aliphatic hydroxyl groups is 5. The molecule has 1 heterocycles. The smallest absolute Gasteiger partial charge is 0.220 e. The van der Waals surface area contributed by atoms with Crippen LogP contribution in [0, 0.1) is 0 Å². The van der Waals surface area contributed by atoms with Gasteiger partial charge in [0, 0.05) is 6.42 Å². The van der Waals surface area contributed by atoms with E-state index in [2.05, 4.69) is 79.9 Å². The molecule has 1 fully saturated rings. The van der Waals surface area contributed by atoms with E-state index in [-0.39, 0.29) is 18.9 Å². The summed E-state index contributed by atoms with van der Waals surface area (Å²) in [4.78, 5) is 13.0. The summed E-state index contributed by atoms with van der Waals surface area (Å²) in [7, 11) is 0. The molecule has 1 aliphatic rings. The van der Waals surface area contributed by atoms with E-state index in [0.717, 1.165) is 57.8 Å². The van der Waals surface area contributed by atoms with Gasteiger partial charge in [-0.15, -0.1) is 0 Å². The number of carbonyl (C=O) groups excluding carboxylic acids is 1. The molecule has 0 spiro atoms. The number of aliphatic hydroxyl groups excluding tert-OH is 5. The third-order valence-electron chi connectivity index (χ3n) is 13.8. The fourth-order valence-electron chi connectivity index (χ4n) is 9.11. The molecular formula is C62H111NO8. The van der Waals surface area contributed by atoms with Gasteiger partial charge in [0.2, 0.25) is 5.91 Å². The standard InChI is InChI=1S/C62H111NO8/c1-3-5-7-9-11-13-15-17-19-20-21-22-23-24-25-26-27-28-29-30-31-32-33-34-35-36-38-39-41-43-45-47-49-51-56(65)55(54-70-62-61(69)60(68)59(67)57(53-64)71-62)63-58(66)52-50-48-46-44-42-40-37-18-16-14-12-10-8-6-4-2/h6,8,12,14,18,37,41-44,49,51,55-57,59-62,64-65,67-69H,3-5,7,9-11,13,15-17,19-36,38-40,45-48,50,52-54H2,1-2H3,(H,63,66)/b8-6-,14-12-,37-18-,43-41+,44-42-,51-49+. The normalized spacial score (nSPS) is 19.8. The van der Waals surface area contributed by atoms with E-state index < -0.39 is 49.5 Å². The SMILES string of the molecule is CC/C=C\C/C=C\C/C=C\C/C=C\CCCCC(=O)NC(COC1OC(CO)C(O)C(O)C1O)C(O)/C=C/CC/C=C/CCCCCCCCCCCCCCCCCCCCCCCCCCCCC. The van der Waals surface area contributed by atoms with E-state index in [1.54, 1.807) is 6.08 Å². The minimum Gasteiger partial charge on any atom is -0.394 e. The van der Waals surface area contributed by atoms with Crippen molar-refractivity contribution in [2.45, 2.75) is 301 Å². The maximum atomic E-state index is 13.0. The van der Waals surface area contributed by atoms with E-state index in [0.29, 0.717) is 6.42 Å². The molecule has 9 heteroatoms. The van der Waals surface area contributed by atoms with Crippen molar-refractivity contribution < 1.29 is 39.8 Å². The highest BCUT2D eigenvalue weighted by molar-refractivity contribution is 5.76. The Hall–Kier alpha value is -2.37. The van der Waals surface area contributed by atoms with Crippen molar-refractivity contribution in [1.29, 1.82) is 0 Å². The lowest BCUT2D eigenvalue weighted by Gasteiger charge is -2.40. The van der Waals surface area contributed by atoms with Crippen LogP contribution in [-0.2, 0) is 14.3 Å². The zero-order chi connectivity index (χ0) is 51.5. The highest BCUT2D eigenvalue weighted by Gasteiger charge is 2.44. The molecule has 71 heavy (non-hydrogen) atoms. The van der Waals surface area contributed by atoms with Crippen molar-refractivity contribution in [3.63, 3.8) is 0 Å². The van der Waals surface area contributed by atoms with Gasteiger partial charge in [0.05, 0.1) is 25.4 Å². The van der Waals surface area contributed by atoms with Gasteiger partial charge in [-0.25, -0.2) is 0 Å². The van der Waals surface area contributed by atoms with Gasteiger partial charge in [-0.1, -0.05) is 254 Å². The second-order valence-electron chi connectivity index (χ2n) is 20.4. The van der Waals surface area contributed by atoms with Crippen molar-refractivity contribution in [1.82, 2.24) is 5.32 Å². The molecule has 6 N–H and O–H groups in total. The first-order valence-corrected chi connectivity index (χ1v) is 29.7. The molecular weight excluding hydrogens is 887 g/mol. The summed E-state index contributed by atoms with van der Waals surface area (Å²) < 4.78 is 11.2. The summed E-state index contributed by atoms with van der Waals surface area (Å²) in [5.74, 6) is -0.228. The van der Waals surface area contributed by atoms with Gasteiger partial charge in [0.15, 0.2) is 6.29 Å². The topological polar surface area (TPSA) is 149 Å². The van der Waals surface area contributed by atoms with Gasteiger partial charge < -0.3 is 40.3 Å². The van der Waals surface area contributed by atoms with Gasteiger partial charge >= 0.3 is 0 Å². The van der Waals surface area contributed by atoms with E-state index in [9.17, 15) is 30.3 Å². The fraction of sp³-hybridized carbons (Fsp3) is 0.790. The van der Waals surface area contributed by atoms with Gasteiger partial charge in [0.1, 0.15) is 24.4 Å². The first kappa shape index (κ1) is 66.6. The van der Waals surface area contributed by atoms with Crippen LogP contribution < -0.4 is 5.32 Å². The number of hydrogen-bond donors (Lipinski definition) is 6. The van der Waals surface area contributed by atoms with E-state index in [1.165, 1.54) is 173 Å². The molecule has 1 saturated heterocycles. The van der Waals surface area contributed by atoms with E-state index >= 15 is 0 Å². The number of nitrogens with one attached hydrogen (secondary N) is 1. The molecule has 7 unspecified atom stereocenters. The Labute approximate surface area is 436 Å². The molecule has 0 aliphatic carbocycles. The van der Waals surface area contributed by atoms with Crippen molar-refractivity contribution in [3.05, 3.63) is 72.9 Å². The maximum absolute atomic E-state index is 13.0. The second kappa shape index (κ2) is 51.1. The molecule has 412 valence electrons. The summed E-state index contributed by atoms with van der Waals surface area (Å²) in [6.07, 6.45) is 64.3. The maximum Gasteiger partial charge on any atom is 0.220 e. The monoisotopic (exact) mass is 998 g/mol. The number of unbranched alkanes of at least 4 members (excludes halogenated alkanes) is 30. The van der Waals surface area contributed by atoms with Crippen molar-refractivity contribution >= 4 is 5.91 Å². The molecule has 0 saturated carbocycles. The van der Waals surface area contributed by atoms with Crippen LogP contribution in [0.5, 0.6) is 0 Å². The Kier molecular flexibility index (Phi) is 48.0. The highest BCUT2D eigenvalue weighted by Crippen LogP contribution is 2.23. The van der Waals surface area contributed by atoms with Crippen LogP contribution in [0.3, 0.4) is 0 Å². The highest BCUT2D eigenvalue weighted by atomic mass is 16.7. The summed E-state index contributed by atoms with van der Waals surface area (Å²) >= 11 is 0. The Morgan fingerprint density at radius 3 is 1.35 bits per heavy atom. The average Bonchev–Trinajstić information content (AvgIpc) is 3.37. The summed E-state index contributed by atoms with van der Waals surface area (Å²) in [5.41, 5.74) is 0. The Morgan fingerprint density at radius 2 is 0.887 bits per heavy atom. The minimum atomic E-state index is -1.58. The summed E-state index contributed by atoms with van der Waals surface area (Å²) in [6.45, 7) is 3.63. The molecule has 0 aromatic rings. The molecule has 1 rings (SSSR count). The molecule has 7 atom stereocenters. The summed E-state index contributed by atoms with van der Waals surface area (Å²) in [6, 6.07) is -0.848. The van der Waals surface area contributed by atoms with Gasteiger partial charge in [0.25, 0.3) is 0 Å². The van der Waals surface area contributed by atoms with Gasteiger partial charge in [-0.05, 0) is 70.6 Å². The number of ether oxygens (including phenoxy) is 2. The second-order valence-corrected chi connectivity index (χ2v) is 20.4. The van der Waals surface area contributed by atoms with Crippen LogP contribution in [-0.4, -0.2) is 87.5 Å². The molecule has 0 aromatic heterocycles. The third kappa shape index (κ3) is 40.7. The lowest BCUT2D eigenvalue weighted by atomic mass is 9.99. The fourth-order valence-corrected chi connectivity index (χ4v) is 9.11.